The zero-order valence-electron chi connectivity index (χ0n) is 11.8. The van der Waals surface area contributed by atoms with Crippen molar-refractivity contribution in [3.63, 3.8) is 0 Å². The van der Waals surface area contributed by atoms with Crippen molar-refractivity contribution in [2.45, 2.75) is 23.8 Å². The van der Waals surface area contributed by atoms with Crippen LogP contribution in [0.15, 0.2) is 23.1 Å². The summed E-state index contributed by atoms with van der Waals surface area (Å²) in [5.74, 6) is -0.611. The van der Waals surface area contributed by atoms with Crippen LogP contribution in [0.1, 0.15) is 12.8 Å². The maximum absolute atomic E-state index is 13.0. The standard InChI is InChI=1S/C12H16ClFN2O4S2/c1-21(17,18)15-10-4-6-16(7-5-10)22(19,20)12-3-2-9(14)8-11(12)13/h2-3,8,10,15H,4-7H2,1H3. The molecule has 0 saturated carbocycles. The van der Waals surface area contributed by atoms with E-state index in [4.69, 9.17) is 11.6 Å². The molecule has 0 aliphatic carbocycles. The number of hydrogen-bond acceptors (Lipinski definition) is 4. The van der Waals surface area contributed by atoms with Crippen molar-refractivity contribution >= 4 is 31.6 Å². The molecule has 1 aliphatic rings. The van der Waals surface area contributed by atoms with Crippen molar-refractivity contribution in [2.75, 3.05) is 19.3 Å². The fourth-order valence-corrected chi connectivity index (χ4v) is 5.16. The van der Waals surface area contributed by atoms with E-state index in [1.54, 1.807) is 0 Å². The average molecular weight is 371 g/mol. The summed E-state index contributed by atoms with van der Waals surface area (Å²) < 4.78 is 64.1. The molecule has 1 fully saturated rings. The molecule has 1 aromatic carbocycles. The first-order valence-electron chi connectivity index (χ1n) is 6.52. The number of sulfonamides is 2. The maximum Gasteiger partial charge on any atom is 0.244 e. The lowest BCUT2D eigenvalue weighted by molar-refractivity contribution is 0.309. The molecule has 0 radical (unpaired) electrons. The smallest absolute Gasteiger partial charge is 0.213 e. The Morgan fingerprint density at radius 2 is 1.82 bits per heavy atom. The van der Waals surface area contributed by atoms with E-state index >= 15 is 0 Å². The van der Waals surface area contributed by atoms with Gasteiger partial charge in [-0.2, -0.15) is 4.31 Å². The summed E-state index contributed by atoms with van der Waals surface area (Å²) in [5, 5.41) is -0.170. The van der Waals surface area contributed by atoms with E-state index in [1.165, 1.54) is 4.31 Å². The zero-order chi connectivity index (χ0) is 16.5. The fourth-order valence-electron chi connectivity index (χ4n) is 2.34. The summed E-state index contributed by atoms with van der Waals surface area (Å²) in [4.78, 5) is -0.148. The van der Waals surface area contributed by atoms with Gasteiger partial charge >= 0.3 is 0 Å². The van der Waals surface area contributed by atoms with Gasteiger partial charge in [0.1, 0.15) is 10.7 Å². The molecule has 0 amide bonds. The van der Waals surface area contributed by atoms with Gasteiger partial charge in [0.2, 0.25) is 20.0 Å². The lowest BCUT2D eigenvalue weighted by Gasteiger charge is -2.31. The first-order chi connectivity index (χ1) is 10.1. The molecule has 0 atom stereocenters. The third-order valence-corrected chi connectivity index (χ3v) is 6.49. The number of nitrogens with one attached hydrogen (secondary N) is 1. The van der Waals surface area contributed by atoms with Crippen LogP contribution in [-0.2, 0) is 20.0 Å². The van der Waals surface area contributed by atoms with Gasteiger partial charge in [0.05, 0.1) is 11.3 Å². The van der Waals surface area contributed by atoms with Gasteiger partial charge in [-0.15, -0.1) is 0 Å². The minimum absolute atomic E-state index is 0.148. The molecule has 0 bridgehead atoms. The molecule has 1 aromatic rings. The second-order valence-corrected chi connectivity index (χ2v) is 9.24. The SMILES string of the molecule is CS(=O)(=O)NC1CCN(S(=O)(=O)c2ccc(F)cc2Cl)CC1. The highest BCUT2D eigenvalue weighted by Gasteiger charge is 2.31. The largest absolute Gasteiger partial charge is 0.244 e. The average Bonchev–Trinajstić information content (AvgIpc) is 2.36. The van der Waals surface area contributed by atoms with Crippen LogP contribution < -0.4 is 4.72 Å². The van der Waals surface area contributed by atoms with Crippen LogP contribution in [0.2, 0.25) is 5.02 Å². The number of halogens is 2. The van der Waals surface area contributed by atoms with Gasteiger partial charge in [-0.05, 0) is 31.0 Å². The zero-order valence-corrected chi connectivity index (χ0v) is 14.2. The van der Waals surface area contributed by atoms with Gasteiger partial charge in [0, 0.05) is 19.1 Å². The molecule has 2 rings (SSSR count). The van der Waals surface area contributed by atoms with Crippen LogP contribution in [0.25, 0.3) is 0 Å². The van der Waals surface area contributed by atoms with Gasteiger partial charge in [0.15, 0.2) is 0 Å². The van der Waals surface area contributed by atoms with E-state index in [0.717, 1.165) is 24.5 Å². The normalized spacial score (nSPS) is 18.5. The maximum atomic E-state index is 13.0. The third kappa shape index (κ3) is 4.17. The summed E-state index contributed by atoms with van der Waals surface area (Å²) in [5.41, 5.74) is 0. The van der Waals surface area contributed by atoms with Crippen LogP contribution in [0.4, 0.5) is 4.39 Å². The molecular weight excluding hydrogens is 355 g/mol. The highest BCUT2D eigenvalue weighted by Crippen LogP contribution is 2.27. The highest BCUT2D eigenvalue weighted by atomic mass is 35.5. The first-order valence-corrected chi connectivity index (χ1v) is 10.2. The number of hydrogen-bond donors (Lipinski definition) is 1. The Labute approximate surface area is 134 Å². The topological polar surface area (TPSA) is 83.6 Å². The fraction of sp³-hybridized carbons (Fsp3) is 0.500. The molecule has 0 unspecified atom stereocenters. The van der Waals surface area contributed by atoms with E-state index in [9.17, 15) is 21.2 Å². The van der Waals surface area contributed by atoms with E-state index in [0.29, 0.717) is 12.8 Å². The van der Waals surface area contributed by atoms with Crippen LogP contribution in [-0.4, -0.2) is 46.5 Å². The molecule has 1 aliphatic heterocycles. The van der Waals surface area contributed by atoms with E-state index in [-0.39, 0.29) is 29.0 Å². The Hall–Kier alpha value is -0.740. The molecule has 1 heterocycles. The quantitative estimate of drug-likeness (QED) is 0.862. The molecule has 6 nitrogen and oxygen atoms in total. The van der Waals surface area contributed by atoms with Crippen LogP contribution in [0.5, 0.6) is 0 Å². The van der Waals surface area contributed by atoms with Crippen molar-refractivity contribution in [1.82, 2.24) is 9.03 Å². The van der Waals surface area contributed by atoms with Crippen molar-refractivity contribution in [3.8, 4) is 0 Å². The van der Waals surface area contributed by atoms with Gasteiger partial charge in [-0.25, -0.2) is 25.9 Å². The minimum atomic E-state index is -3.82. The Morgan fingerprint density at radius 1 is 1.23 bits per heavy atom. The lowest BCUT2D eigenvalue weighted by Crippen LogP contribution is -2.46. The van der Waals surface area contributed by atoms with Crippen molar-refractivity contribution in [1.29, 1.82) is 0 Å². The Bertz CT molecular complexity index is 759. The molecule has 10 heteroatoms. The Kier molecular flexibility index (Phi) is 5.13. The Balaban J connectivity index is 2.13. The summed E-state index contributed by atoms with van der Waals surface area (Å²) >= 11 is 5.81. The van der Waals surface area contributed by atoms with E-state index in [2.05, 4.69) is 4.72 Å². The van der Waals surface area contributed by atoms with Crippen LogP contribution in [0, 0.1) is 5.82 Å². The van der Waals surface area contributed by atoms with E-state index < -0.39 is 25.9 Å². The number of nitrogens with zero attached hydrogens (tertiary/aromatic N) is 1. The van der Waals surface area contributed by atoms with Crippen LogP contribution >= 0.6 is 11.6 Å². The molecule has 1 N–H and O–H groups in total. The molecule has 0 spiro atoms. The summed E-state index contributed by atoms with van der Waals surface area (Å²) in [6.07, 6.45) is 1.80. The molecular formula is C12H16ClFN2O4S2. The molecule has 1 saturated heterocycles. The monoisotopic (exact) mass is 370 g/mol. The highest BCUT2D eigenvalue weighted by molar-refractivity contribution is 7.89. The van der Waals surface area contributed by atoms with Crippen LogP contribution in [0.3, 0.4) is 0 Å². The molecule has 0 aromatic heterocycles. The Morgan fingerprint density at radius 3 is 2.32 bits per heavy atom. The van der Waals surface area contributed by atoms with E-state index in [1.807, 2.05) is 0 Å². The molecule has 124 valence electrons. The second-order valence-electron chi connectivity index (χ2n) is 5.14. The lowest BCUT2D eigenvalue weighted by atomic mass is 10.1. The second kappa shape index (κ2) is 6.40. The first kappa shape index (κ1) is 17.6. The third-order valence-electron chi connectivity index (χ3n) is 3.35. The summed E-state index contributed by atoms with van der Waals surface area (Å²) in [6.45, 7) is 0.340. The predicted molar refractivity (Wildman–Crippen MR) is 81.2 cm³/mol. The number of piperidine rings is 1. The predicted octanol–water partition coefficient (Wildman–Crippen LogP) is 1.18. The van der Waals surface area contributed by atoms with Gasteiger partial charge in [-0.1, -0.05) is 11.6 Å². The number of rotatable bonds is 4. The van der Waals surface area contributed by atoms with Gasteiger partial charge < -0.3 is 0 Å². The van der Waals surface area contributed by atoms with Gasteiger partial charge in [0.25, 0.3) is 0 Å². The van der Waals surface area contributed by atoms with Gasteiger partial charge in [-0.3, -0.25) is 0 Å². The minimum Gasteiger partial charge on any atom is -0.213 e. The number of benzene rings is 1. The molecule has 22 heavy (non-hydrogen) atoms. The van der Waals surface area contributed by atoms with Crippen molar-refractivity contribution < 1.29 is 21.2 Å². The van der Waals surface area contributed by atoms with Crippen molar-refractivity contribution in [2.24, 2.45) is 0 Å². The summed E-state index contributed by atoms with van der Waals surface area (Å²) in [7, 11) is -7.14. The summed E-state index contributed by atoms with van der Waals surface area (Å²) in [6, 6.07) is 2.84. The van der Waals surface area contributed by atoms with Crippen molar-refractivity contribution in [3.05, 3.63) is 29.0 Å².